The Labute approximate surface area is 106 Å². The molecular weight excluding hydrogens is 235 g/mol. The minimum absolute atomic E-state index is 0.0646. The molecule has 4 nitrogen and oxygen atoms in total. The van der Waals surface area contributed by atoms with Crippen LogP contribution >= 0.6 is 0 Å². The molecular formula is C13H19FN2O2. The van der Waals surface area contributed by atoms with Gasteiger partial charge in [0.05, 0.1) is 17.8 Å². The Morgan fingerprint density at radius 2 is 2.06 bits per heavy atom. The van der Waals surface area contributed by atoms with Crippen molar-refractivity contribution in [3.05, 3.63) is 29.6 Å². The minimum Gasteiger partial charge on any atom is -0.396 e. The van der Waals surface area contributed by atoms with Crippen LogP contribution in [0.4, 0.5) is 10.1 Å². The van der Waals surface area contributed by atoms with Crippen LogP contribution in [-0.4, -0.2) is 23.2 Å². The first-order valence-corrected chi connectivity index (χ1v) is 5.96. The molecule has 0 unspecified atom stereocenters. The van der Waals surface area contributed by atoms with E-state index in [4.69, 9.17) is 5.73 Å². The Bertz CT molecular complexity index is 423. The number of nitrogens with one attached hydrogen (secondary N) is 1. The van der Waals surface area contributed by atoms with E-state index in [0.717, 1.165) is 6.07 Å². The minimum atomic E-state index is -0.639. The number of aliphatic hydroxyl groups excluding tert-OH is 1. The van der Waals surface area contributed by atoms with Gasteiger partial charge in [0.1, 0.15) is 5.82 Å². The largest absolute Gasteiger partial charge is 0.396 e. The molecule has 0 saturated heterocycles. The van der Waals surface area contributed by atoms with Gasteiger partial charge in [-0.1, -0.05) is 13.8 Å². The molecule has 0 atom stereocenters. The number of aliphatic hydroxyl groups is 1. The van der Waals surface area contributed by atoms with E-state index in [1.807, 2.05) is 13.8 Å². The number of benzene rings is 1. The number of anilines is 1. The van der Waals surface area contributed by atoms with Gasteiger partial charge in [-0.05, 0) is 31.0 Å². The molecule has 0 bridgehead atoms. The second-order valence-corrected chi connectivity index (χ2v) is 4.34. The zero-order valence-electron chi connectivity index (χ0n) is 10.7. The average Bonchev–Trinajstić information content (AvgIpc) is 2.39. The van der Waals surface area contributed by atoms with Crippen LogP contribution in [0.15, 0.2) is 18.2 Å². The number of hydrogen-bond donors (Lipinski definition) is 3. The lowest BCUT2D eigenvalue weighted by Gasteiger charge is -2.30. The molecule has 0 spiro atoms. The lowest BCUT2D eigenvalue weighted by atomic mass is 9.93. The Kier molecular flexibility index (Phi) is 4.67. The van der Waals surface area contributed by atoms with Gasteiger partial charge in [-0.25, -0.2) is 4.39 Å². The summed E-state index contributed by atoms with van der Waals surface area (Å²) in [6.45, 7) is 3.64. The van der Waals surface area contributed by atoms with Crippen LogP contribution in [0.5, 0.6) is 0 Å². The topological polar surface area (TPSA) is 75.3 Å². The first-order chi connectivity index (χ1) is 8.48. The fourth-order valence-electron chi connectivity index (χ4n) is 1.69. The van der Waals surface area contributed by atoms with Gasteiger partial charge in [-0.15, -0.1) is 0 Å². The zero-order valence-corrected chi connectivity index (χ0v) is 10.7. The van der Waals surface area contributed by atoms with Crippen molar-refractivity contribution in [2.75, 3.05) is 12.3 Å². The number of amides is 1. The second kappa shape index (κ2) is 5.82. The Hall–Kier alpha value is -1.62. The number of hydrogen-bond acceptors (Lipinski definition) is 3. The molecule has 1 amide bonds. The molecule has 1 rings (SSSR count). The van der Waals surface area contributed by atoms with Crippen molar-refractivity contribution in [1.29, 1.82) is 0 Å². The highest BCUT2D eigenvalue weighted by molar-refractivity contribution is 5.95. The third-order valence-corrected chi connectivity index (χ3v) is 3.29. The Morgan fingerprint density at radius 3 is 2.50 bits per heavy atom. The highest BCUT2D eigenvalue weighted by Crippen LogP contribution is 2.17. The molecule has 0 saturated carbocycles. The van der Waals surface area contributed by atoms with E-state index in [-0.39, 0.29) is 23.8 Å². The first-order valence-electron chi connectivity index (χ1n) is 5.96. The fourth-order valence-corrected chi connectivity index (χ4v) is 1.69. The number of nitrogen functional groups attached to an aromatic ring is 1. The molecule has 0 aliphatic heterocycles. The zero-order chi connectivity index (χ0) is 13.8. The summed E-state index contributed by atoms with van der Waals surface area (Å²) in [4.78, 5) is 12.0. The van der Waals surface area contributed by atoms with E-state index in [1.165, 1.54) is 12.1 Å². The summed E-state index contributed by atoms with van der Waals surface area (Å²) in [7, 11) is 0. The fraction of sp³-hybridized carbons (Fsp3) is 0.462. The van der Waals surface area contributed by atoms with E-state index >= 15 is 0 Å². The monoisotopic (exact) mass is 254 g/mol. The van der Waals surface area contributed by atoms with Gasteiger partial charge in [0.25, 0.3) is 5.91 Å². The predicted octanol–water partition coefficient (Wildman–Crippen LogP) is 1.69. The molecule has 1 aromatic rings. The summed E-state index contributed by atoms with van der Waals surface area (Å²) < 4.78 is 13.0. The van der Waals surface area contributed by atoms with Crippen LogP contribution in [-0.2, 0) is 0 Å². The number of halogens is 1. The van der Waals surface area contributed by atoms with Crippen molar-refractivity contribution in [3.63, 3.8) is 0 Å². The molecule has 0 aromatic heterocycles. The van der Waals surface area contributed by atoms with Crippen LogP contribution in [0.1, 0.15) is 37.0 Å². The maximum atomic E-state index is 13.0. The van der Waals surface area contributed by atoms with Gasteiger partial charge >= 0.3 is 0 Å². The molecule has 0 heterocycles. The van der Waals surface area contributed by atoms with E-state index in [1.54, 1.807) is 0 Å². The summed E-state index contributed by atoms with van der Waals surface area (Å²) in [5, 5.41) is 12.1. The van der Waals surface area contributed by atoms with Crippen LogP contribution in [0.3, 0.4) is 0 Å². The van der Waals surface area contributed by atoms with Crippen molar-refractivity contribution in [2.45, 2.75) is 32.2 Å². The standard InChI is InChI=1S/C13H19FN2O2/c1-3-13(4-2,8-17)16-12(18)9-5-6-10(14)11(15)7-9/h5-7,17H,3-4,8,15H2,1-2H3,(H,16,18). The van der Waals surface area contributed by atoms with Gasteiger partial charge in [0.15, 0.2) is 0 Å². The lowest BCUT2D eigenvalue weighted by Crippen LogP contribution is -2.50. The van der Waals surface area contributed by atoms with Gasteiger partial charge in [-0.2, -0.15) is 0 Å². The highest BCUT2D eigenvalue weighted by Gasteiger charge is 2.27. The molecule has 4 N–H and O–H groups in total. The molecule has 0 aliphatic rings. The molecule has 18 heavy (non-hydrogen) atoms. The van der Waals surface area contributed by atoms with Crippen molar-refractivity contribution < 1.29 is 14.3 Å². The van der Waals surface area contributed by atoms with Crippen LogP contribution in [0.25, 0.3) is 0 Å². The van der Waals surface area contributed by atoms with Gasteiger partial charge < -0.3 is 16.2 Å². The van der Waals surface area contributed by atoms with Gasteiger partial charge in [0.2, 0.25) is 0 Å². The predicted molar refractivity (Wildman–Crippen MR) is 68.7 cm³/mol. The number of carbonyl (C=O) groups excluding carboxylic acids is 1. The summed E-state index contributed by atoms with van der Waals surface area (Å²) in [6, 6.07) is 3.81. The molecule has 0 fully saturated rings. The lowest BCUT2D eigenvalue weighted by molar-refractivity contribution is 0.0818. The molecule has 5 heteroatoms. The normalized spacial score (nSPS) is 11.3. The number of carbonyl (C=O) groups is 1. The van der Waals surface area contributed by atoms with E-state index in [2.05, 4.69) is 5.32 Å². The Morgan fingerprint density at radius 1 is 1.44 bits per heavy atom. The summed E-state index contributed by atoms with van der Waals surface area (Å²) in [5.74, 6) is -0.912. The molecule has 100 valence electrons. The van der Waals surface area contributed by atoms with Crippen molar-refractivity contribution >= 4 is 11.6 Å². The Balaban J connectivity index is 2.90. The first kappa shape index (κ1) is 14.4. The second-order valence-electron chi connectivity index (χ2n) is 4.34. The maximum absolute atomic E-state index is 13.0. The van der Waals surface area contributed by atoms with Crippen molar-refractivity contribution in [3.8, 4) is 0 Å². The van der Waals surface area contributed by atoms with E-state index in [9.17, 15) is 14.3 Å². The maximum Gasteiger partial charge on any atom is 0.251 e. The highest BCUT2D eigenvalue weighted by atomic mass is 19.1. The van der Waals surface area contributed by atoms with Crippen molar-refractivity contribution in [2.24, 2.45) is 0 Å². The molecule has 0 radical (unpaired) electrons. The smallest absolute Gasteiger partial charge is 0.251 e. The quantitative estimate of drug-likeness (QED) is 0.700. The van der Waals surface area contributed by atoms with Crippen LogP contribution in [0, 0.1) is 5.82 Å². The SMILES string of the molecule is CCC(CC)(CO)NC(=O)c1ccc(F)c(N)c1. The van der Waals surface area contributed by atoms with Crippen LogP contribution < -0.4 is 11.1 Å². The number of rotatable bonds is 5. The van der Waals surface area contributed by atoms with Gasteiger partial charge in [-0.3, -0.25) is 4.79 Å². The summed E-state index contributed by atoms with van der Waals surface area (Å²) in [5.41, 5.74) is 5.00. The molecule has 0 aliphatic carbocycles. The summed E-state index contributed by atoms with van der Waals surface area (Å²) >= 11 is 0. The molecule has 1 aromatic carbocycles. The van der Waals surface area contributed by atoms with Gasteiger partial charge in [0, 0.05) is 5.56 Å². The summed E-state index contributed by atoms with van der Waals surface area (Å²) in [6.07, 6.45) is 1.23. The van der Waals surface area contributed by atoms with Crippen LogP contribution in [0.2, 0.25) is 0 Å². The number of nitrogens with two attached hydrogens (primary N) is 1. The van der Waals surface area contributed by atoms with E-state index < -0.39 is 11.4 Å². The third kappa shape index (κ3) is 2.98. The van der Waals surface area contributed by atoms with Crippen molar-refractivity contribution in [1.82, 2.24) is 5.32 Å². The average molecular weight is 254 g/mol. The third-order valence-electron chi connectivity index (χ3n) is 3.29. The van der Waals surface area contributed by atoms with E-state index in [0.29, 0.717) is 12.8 Å².